The summed E-state index contributed by atoms with van der Waals surface area (Å²) in [5.41, 5.74) is 0.619. The van der Waals surface area contributed by atoms with Crippen LogP contribution in [0.25, 0.3) is 6.08 Å². The third kappa shape index (κ3) is 6.06. The van der Waals surface area contributed by atoms with Gasteiger partial charge in [0.2, 0.25) is 0 Å². The number of aliphatic hydroxyl groups excluding tert-OH is 6. The van der Waals surface area contributed by atoms with Crippen molar-refractivity contribution in [3.63, 3.8) is 0 Å². The molecule has 7 N–H and O–H groups in total. The predicted octanol–water partition coefficient (Wildman–Crippen LogP) is -2.40. The van der Waals surface area contributed by atoms with Crippen LogP contribution in [0.1, 0.15) is 12.5 Å². The van der Waals surface area contributed by atoms with E-state index < -0.39 is 74.0 Å². The number of hydrogen-bond donors (Lipinski definition) is 7. The van der Waals surface area contributed by atoms with Crippen molar-refractivity contribution in [2.45, 2.75) is 68.3 Å². The highest BCUT2D eigenvalue weighted by Crippen LogP contribution is 2.28. The Morgan fingerprint density at radius 2 is 1.61 bits per heavy atom. The Bertz CT molecular complexity index is 814. The van der Waals surface area contributed by atoms with Crippen LogP contribution in [-0.4, -0.2) is 110 Å². The number of esters is 1. The van der Waals surface area contributed by atoms with Crippen molar-refractivity contribution in [1.82, 2.24) is 0 Å². The molecule has 0 saturated carbocycles. The Hall–Kier alpha value is -2.13. The summed E-state index contributed by atoms with van der Waals surface area (Å²) in [6.45, 7) is 0.912. The second-order valence-corrected chi connectivity index (χ2v) is 7.88. The van der Waals surface area contributed by atoms with Gasteiger partial charge in [-0.3, -0.25) is 0 Å². The molecule has 0 unspecified atom stereocenters. The molecule has 12 heteroatoms. The lowest BCUT2D eigenvalue weighted by Crippen LogP contribution is -2.63. The number of benzene rings is 1. The van der Waals surface area contributed by atoms with Crippen molar-refractivity contribution in [1.29, 1.82) is 0 Å². The predicted molar refractivity (Wildman–Crippen MR) is 108 cm³/mol. The van der Waals surface area contributed by atoms with Gasteiger partial charge in [0, 0.05) is 6.08 Å². The number of phenols is 1. The molecule has 0 spiro atoms. The van der Waals surface area contributed by atoms with Crippen LogP contribution in [0.15, 0.2) is 30.3 Å². The smallest absolute Gasteiger partial charge is 0.330 e. The second kappa shape index (κ2) is 10.9. The van der Waals surface area contributed by atoms with E-state index in [1.807, 2.05) is 0 Å². The van der Waals surface area contributed by atoms with Crippen LogP contribution >= 0.6 is 0 Å². The molecule has 184 valence electrons. The highest BCUT2D eigenvalue weighted by atomic mass is 16.7. The quantitative estimate of drug-likeness (QED) is 0.172. The van der Waals surface area contributed by atoms with E-state index in [4.69, 9.17) is 18.9 Å². The largest absolute Gasteiger partial charge is 0.508 e. The molecular formula is C21H28O12. The van der Waals surface area contributed by atoms with E-state index >= 15 is 0 Å². The zero-order valence-electron chi connectivity index (χ0n) is 17.6. The van der Waals surface area contributed by atoms with Gasteiger partial charge in [-0.1, -0.05) is 12.1 Å². The van der Waals surface area contributed by atoms with Crippen molar-refractivity contribution in [2.75, 3.05) is 6.61 Å². The summed E-state index contributed by atoms with van der Waals surface area (Å²) in [4.78, 5) is 12.0. The van der Waals surface area contributed by atoms with E-state index in [-0.39, 0.29) is 5.75 Å². The summed E-state index contributed by atoms with van der Waals surface area (Å²) < 4.78 is 20.8. The monoisotopic (exact) mass is 472 g/mol. The molecule has 10 atom stereocenters. The number of ether oxygens (including phenoxy) is 4. The fraction of sp³-hybridized carbons (Fsp3) is 0.571. The van der Waals surface area contributed by atoms with Gasteiger partial charge in [0.05, 0.1) is 6.10 Å². The third-order valence-electron chi connectivity index (χ3n) is 5.46. The molecule has 3 rings (SSSR count). The maximum Gasteiger partial charge on any atom is 0.330 e. The topological polar surface area (TPSA) is 196 Å². The van der Waals surface area contributed by atoms with E-state index in [2.05, 4.69) is 0 Å². The van der Waals surface area contributed by atoms with Crippen molar-refractivity contribution in [3.05, 3.63) is 35.9 Å². The molecule has 2 aliphatic rings. The molecule has 12 nitrogen and oxygen atoms in total. The summed E-state index contributed by atoms with van der Waals surface area (Å²) in [6, 6.07) is 6.02. The summed E-state index contributed by atoms with van der Waals surface area (Å²) in [7, 11) is 0. The Labute approximate surface area is 188 Å². The maximum atomic E-state index is 12.0. The molecule has 0 aromatic heterocycles. The zero-order valence-corrected chi connectivity index (χ0v) is 17.6. The van der Waals surface area contributed by atoms with Crippen LogP contribution in [0.2, 0.25) is 0 Å². The number of phenolic OH excluding ortho intramolecular Hbond substituents is 1. The standard InChI is InChI=1S/C21H28O12/c1-9-14(24)17(27)19(20(29)31-9)33-21-18(28)16(26)15(25)12(32-21)8-30-13(23)7-4-10-2-5-11(22)6-3-10/h2-7,9,12,14-22,24-29H,8H2,1H3/b7-4+/t9-,12+,14-,15+,16-,17+,18+,19+,20+,21-/m0/s1. The van der Waals surface area contributed by atoms with Crippen molar-refractivity contribution >= 4 is 12.0 Å². The van der Waals surface area contributed by atoms with Gasteiger partial charge in [-0.15, -0.1) is 0 Å². The van der Waals surface area contributed by atoms with Crippen LogP contribution in [0.5, 0.6) is 5.75 Å². The molecule has 2 fully saturated rings. The van der Waals surface area contributed by atoms with Crippen molar-refractivity contribution < 1.29 is 59.5 Å². The molecule has 33 heavy (non-hydrogen) atoms. The van der Waals surface area contributed by atoms with Gasteiger partial charge in [0.1, 0.15) is 55.1 Å². The van der Waals surface area contributed by atoms with E-state index in [0.717, 1.165) is 6.08 Å². The minimum atomic E-state index is -1.78. The number of carbonyl (C=O) groups excluding carboxylic acids is 1. The van der Waals surface area contributed by atoms with Gasteiger partial charge in [-0.05, 0) is 30.7 Å². The first-order chi connectivity index (χ1) is 15.6. The van der Waals surface area contributed by atoms with E-state index in [1.54, 1.807) is 12.1 Å². The van der Waals surface area contributed by atoms with Gasteiger partial charge >= 0.3 is 5.97 Å². The lowest BCUT2D eigenvalue weighted by Gasteiger charge is -2.44. The summed E-state index contributed by atoms with van der Waals surface area (Å²) in [5.74, 6) is -0.722. The summed E-state index contributed by atoms with van der Waals surface area (Å²) in [6.07, 6.45) is -12.7. The molecule has 0 aliphatic carbocycles. The summed E-state index contributed by atoms with van der Waals surface area (Å²) >= 11 is 0. The SMILES string of the molecule is C[C@@H]1O[C@@H](O)[C@H](O[C@@H]2O[C@H](COC(=O)/C=C/c3ccc(O)cc3)[C@@H](O)[C@H](O)[C@H]2O)[C@H](O)[C@H]1O. The molecule has 0 radical (unpaired) electrons. The van der Waals surface area contributed by atoms with Crippen LogP contribution in [-0.2, 0) is 23.7 Å². The van der Waals surface area contributed by atoms with Crippen LogP contribution in [0, 0.1) is 0 Å². The molecule has 1 aromatic carbocycles. The number of carbonyl (C=O) groups is 1. The fourth-order valence-electron chi connectivity index (χ4n) is 3.45. The first kappa shape index (κ1) is 25.5. The first-order valence-electron chi connectivity index (χ1n) is 10.3. The molecule has 2 saturated heterocycles. The first-order valence-corrected chi connectivity index (χ1v) is 10.3. The minimum absolute atomic E-state index is 0.0690. The van der Waals surface area contributed by atoms with Gasteiger partial charge in [-0.2, -0.15) is 0 Å². The average Bonchev–Trinajstić information content (AvgIpc) is 2.79. The highest BCUT2D eigenvalue weighted by molar-refractivity contribution is 5.87. The number of rotatable bonds is 6. The molecular weight excluding hydrogens is 444 g/mol. The molecule has 2 aliphatic heterocycles. The molecule has 1 aromatic rings. The van der Waals surface area contributed by atoms with E-state index in [0.29, 0.717) is 5.56 Å². The third-order valence-corrected chi connectivity index (χ3v) is 5.46. The minimum Gasteiger partial charge on any atom is -0.508 e. The molecule has 2 heterocycles. The number of hydrogen-bond acceptors (Lipinski definition) is 12. The Balaban J connectivity index is 1.59. The van der Waals surface area contributed by atoms with Gasteiger partial charge < -0.3 is 54.7 Å². The van der Waals surface area contributed by atoms with E-state index in [9.17, 15) is 40.5 Å². The highest BCUT2D eigenvalue weighted by Gasteiger charge is 2.49. The lowest BCUT2D eigenvalue weighted by atomic mass is 9.97. The Morgan fingerprint density at radius 3 is 2.27 bits per heavy atom. The zero-order chi connectivity index (χ0) is 24.3. The van der Waals surface area contributed by atoms with Gasteiger partial charge in [0.15, 0.2) is 12.6 Å². The Kier molecular flexibility index (Phi) is 8.39. The average molecular weight is 472 g/mol. The van der Waals surface area contributed by atoms with Crippen molar-refractivity contribution in [2.24, 2.45) is 0 Å². The fourth-order valence-corrected chi connectivity index (χ4v) is 3.45. The number of aliphatic hydroxyl groups is 6. The molecule has 0 amide bonds. The van der Waals surface area contributed by atoms with Crippen LogP contribution < -0.4 is 0 Å². The second-order valence-electron chi connectivity index (χ2n) is 7.88. The van der Waals surface area contributed by atoms with E-state index in [1.165, 1.54) is 25.1 Å². The van der Waals surface area contributed by atoms with Crippen molar-refractivity contribution in [3.8, 4) is 5.75 Å². The summed E-state index contributed by atoms with van der Waals surface area (Å²) in [5, 5.41) is 69.9. The van der Waals surface area contributed by atoms with Gasteiger partial charge in [-0.25, -0.2) is 4.79 Å². The normalized spacial score (nSPS) is 39.5. The number of aromatic hydroxyl groups is 1. The van der Waals surface area contributed by atoms with Crippen LogP contribution in [0.4, 0.5) is 0 Å². The molecule has 0 bridgehead atoms. The lowest BCUT2D eigenvalue weighted by molar-refractivity contribution is -0.359. The van der Waals surface area contributed by atoms with Crippen LogP contribution in [0.3, 0.4) is 0 Å². The Morgan fingerprint density at radius 1 is 0.939 bits per heavy atom. The van der Waals surface area contributed by atoms with Gasteiger partial charge in [0.25, 0.3) is 0 Å². The maximum absolute atomic E-state index is 12.0.